The van der Waals surface area contributed by atoms with Crippen molar-refractivity contribution < 1.29 is 46.6 Å². The zero-order valence-electron chi connectivity index (χ0n) is 37.9. The van der Waals surface area contributed by atoms with Crippen LogP contribution in [0.25, 0.3) is 0 Å². The highest BCUT2D eigenvalue weighted by atomic mass is 31.1. The van der Waals surface area contributed by atoms with Crippen LogP contribution in [0.4, 0.5) is 5.82 Å². The highest BCUT2D eigenvalue weighted by molar-refractivity contribution is 7.34. The van der Waals surface area contributed by atoms with Crippen LogP contribution in [0.3, 0.4) is 0 Å². The minimum atomic E-state index is -3.11. The number of hydrogen-bond acceptors (Lipinski definition) is 12. The van der Waals surface area contributed by atoms with Gasteiger partial charge in [-0.25, -0.2) is 9.59 Å². The Labute approximate surface area is 376 Å². The van der Waals surface area contributed by atoms with E-state index < -0.39 is 69.7 Å². The fraction of sp³-hybridized carbons (Fsp3) is 0.375. The van der Waals surface area contributed by atoms with Crippen LogP contribution in [0.1, 0.15) is 74.8 Å². The quantitative estimate of drug-likeness (QED) is 0.0568. The second-order valence-electron chi connectivity index (χ2n) is 18.0. The summed E-state index contributed by atoms with van der Waals surface area (Å²) in [6, 6.07) is 34.7. The monoisotopic (exact) mass is 910 g/mol. The number of methoxy groups -OCH3 is 2. The molecular weight excluding hydrogens is 854 g/mol. The maximum atomic E-state index is 14.1. The van der Waals surface area contributed by atoms with Crippen molar-refractivity contribution in [1.29, 1.82) is 0 Å². The van der Waals surface area contributed by atoms with Crippen LogP contribution in [0.5, 0.6) is 11.5 Å². The predicted octanol–water partition coefficient (Wildman–Crippen LogP) is 9.44. The Morgan fingerprint density at radius 2 is 1.30 bits per heavy atom. The second kappa shape index (κ2) is 19.7. The van der Waals surface area contributed by atoms with Crippen LogP contribution in [0.15, 0.2) is 126 Å². The zero-order valence-corrected chi connectivity index (χ0v) is 39.8. The summed E-state index contributed by atoms with van der Waals surface area (Å²) in [5.41, 5.74) is -0.432. The molecule has 0 radical (unpaired) electrons. The molecule has 338 valence electrons. The van der Waals surface area contributed by atoms with Gasteiger partial charge in [0.05, 0.1) is 26.2 Å². The molecule has 16 heteroatoms. The molecule has 1 aromatic heterocycles. The smallest absolute Gasteiger partial charge is 0.497 e. The third kappa shape index (κ3) is 10.7. The maximum Gasteiger partial charge on any atom is 0.753 e. The van der Waals surface area contributed by atoms with Crippen LogP contribution < -0.4 is 20.5 Å². The molecule has 0 spiro atoms. The van der Waals surface area contributed by atoms with Gasteiger partial charge in [-0.15, -0.1) is 4.52 Å². The van der Waals surface area contributed by atoms with E-state index in [1.807, 2.05) is 92.0 Å². The largest absolute Gasteiger partial charge is 0.753 e. The highest BCUT2D eigenvalue weighted by Crippen LogP contribution is 2.47. The van der Waals surface area contributed by atoms with E-state index >= 15 is 0 Å². The first kappa shape index (κ1) is 47.9. The molecular formula is C48H57N3O11PSi+. The molecule has 6 rings (SSSR count). The number of ether oxygens (including phenoxy) is 4. The van der Waals surface area contributed by atoms with Crippen molar-refractivity contribution in [3.8, 4) is 11.5 Å². The average Bonchev–Trinajstić information content (AvgIpc) is 3.58. The first-order chi connectivity index (χ1) is 30.3. The molecule has 2 heterocycles. The number of aromatic nitrogens is 2. The van der Waals surface area contributed by atoms with E-state index in [1.165, 1.54) is 16.8 Å². The summed E-state index contributed by atoms with van der Waals surface area (Å²) in [5.74, 6) is 0.108. The van der Waals surface area contributed by atoms with Gasteiger partial charge in [0.25, 0.3) is 5.91 Å². The third-order valence-corrected chi connectivity index (χ3v) is 16.7. The number of benzene rings is 4. The molecule has 1 saturated heterocycles. The van der Waals surface area contributed by atoms with Gasteiger partial charge < -0.3 is 28.7 Å². The summed E-state index contributed by atoms with van der Waals surface area (Å²) < 4.78 is 59.0. The fourth-order valence-electron chi connectivity index (χ4n) is 6.90. The normalized spacial score (nSPS) is 18.2. The first-order valence-electron chi connectivity index (χ1n) is 20.9. The van der Waals surface area contributed by atoms with E-state index in [9.17, 15) is 18.9 Å². The average molecular weight is 911 g/mol. The number of nitrogens with zero attached hydrogens (tertiary/aromatic N) is 2. The van der Waals surface area contributed by atoms with E-state index in [0.29, 0.717) is 17.1 Å². The van der Waals surface area contributed by atoms with E-state index in [4.69, 9.17) is 32.4 Å². The number of carbonyl (C=O) groups excluding carboxylic acids is 2. The van der Waals surface area contributed by atoms with Crippen molar-refractivity contribution in [2.24, 2.45) is 5.41 Å². The molecule has 1 aliphatic rings. The van der Waals surface area contributed by atoms with Gasteiger partial charge in [-0.05, 0) is 98.1 Å². The van der Waals surface area contributed by atoms with Crippen molar-refractivity contribution in [2.45, 2.75) is 89.8 Å². The number of anilines is 1. The van der Waals surface area contributed by atoms with Gasteiger partial charge in [0, 0.05) is 16.3 Å². The molecule has 1 unspecified atom stereocenters. The van der Waals surface area contributed by atoms with Crippen LogP contribution in [0, 0.1) is 5.41 Å². The molecule has 4 aromatic carbocycles. The van der Waals surface area contributed by atoms with Crippen molar-refractivity contribution in [1.82, 2.24) is 9.55 Å². The van der Waals surface area contributed by atoms with Crippen LogP contribution in [-0.4, -0.2) is 68.9 Å². The van der Waals surface area contributed by atoms with Crippen molar-refractivity contribution >= 4 is 34.3 Å². The van der Waals surface area contributed by atoms with Crippen LogP contribution in [0.2, 0.25) is 18.1 Å². The van der Waals surface area contributed by atoms with Gasteiger partial charge in [0.1, 0.15) is 35.1 Å². The van der Waals surface area contributed by atoms with E-state index in [2.05, 4.69) is 31.1 Å². The molecule has 64 heavy (non-hydrogen) atoms. The topological polar surface area (TPSA) is 163 Å². The lowest BCUT2D eigenvalue weighted by molar-refractivity contribution is -0.143. The Balaban J connectivity index is 1.48. The molecule has 0 saturated carbocycles. The summed E-state index contributed by atoms with van der Waals surface area (Å²) in [6.07, 6.45) is -3.22. The molecule has 0 aliphatic carbocycles. The molecule has 14 nitrogen and oxygen atoms in total. The Hall–Kier alpha value is -5.54. The van der Waals surface area contributed by atoms with Crippen LogP contribution in [-0.2, 0) is 37.9 Å². The van der Waals surface area contributed by atoms with Gasteiger partial charge in [0.2, 0.25) is 0 Å². The van der Waals surface area contributed by atoms with Gasteiger partial charge in [-0.1, -0.05) is 93.6 Å². The van der Waals surface area contributed by atoms with Gasteiger partial charge in [-0.2, -0.15) is 9.51 Å². The Morgan fingerprint density at radius 1 is 0.766 bits per heavy atom. The molecule has 1 amide bonds. The van der Waals surface area contributed by atoms with Crippen molar-refractivity contribution in [2.75, 3.05) is 26.1 Å². The number of amides is 1. The van der Waals surface area contributed by atoms with Crippen LogP contribution >= 0.6 is 8.25 Å². The summed E-state index contributed by atoms with van der Waals surface area (Å²) in [4.78, 5) is 44.3. The standard InChI is InChI=1S/C48H56N3O11PSi/c1-46(2,3)44(53)61-63(55)60-40-38(31-58-48(33-19-15-12-16-20-33,34-21-25-36(56-7)26-22-34)35-23-27-37(57-8)28-24-35)59-43(41(40)62-64(9,10)47(4,5)6)51-30-29-39(50-45(51)54)49-42(52)32-17-13-11-14-18-32/h11-30,38,40-41,43H,31H2,1-10H3/p+1/t38-,40-,41-,43-/m1/s1. The van der Waals surface area contributed by atoms with E-state index in [-0.39, 0.29) is 17.5 Å². The minimum Gasteiger partial charge on any atom is -0.497 e. The lowest BCUT2D eigenvalue weighted by Gasteiger charge is -2.40. The fourth-order valence-corrected chi connectivity index (χ4v) is 9.09. The van der Waals surface area contributed by atoms with Gasteiger partial charge in [0.15, 0.2) is 20.6 Å². The van der Waals surface area contributed by atoms with Crippen molar-refractivity contribution in [3.05, 3.63) is 154 Å². The van der Waals surface area contributed by atoms with Gasteiger partial charge in [-0.3, -0.25) is 9.36 Å². The summed E-state index contributed by atoms with van der Waals surface area (Å²) in [5, 5.41) is 2.33. The highest BCUT2D eigenvalue weighted by Gasteiger charge is 2.57. The molecule has 1 aliphatic heterocycles. The molecule has 5 aromatic rings. The molecule has 1 N–H and O–H groups in total. The SMILES string of the molecule is COc1ccc(C(OC[C@H]2O[C@@H](n3ccc(NC(=O)c4ccccc4)nc3=O)[C@H](O[Si](C)(C)C(C)(C)C)[C@@H]2O[P+](=O)OC(=O)C(C)(C)C)(c2ccccc2)c2ccc(OC)cc2)cc1. The Morgan fingerprint density at radius 3 is 1.80 bits per heavy atom. The van der Waals surface area contributed by atoms with Gasteiger partial charge >= 0.3 is 19.9 Å². The summed E-state index contributed by atoms with van der Waals surface area (Å²) in [6.45, 7) is 14.9. The lowest BCUT2D eigenvalue weighted by atomic mass is 9.80. The number of carbonyl (C=O) groups is 2. The molecule has 5 atom stereocenters. The first-order valence-corrected chi connectivity index (χ1v) is 24.9. The maximum absolute atomic E-state index is 14.1. The Bertz CT molecular complexity index is 2410. The second-order valence-corrected chi connectivity index (χ2v) is 23.6. The summed E-state index contributed by atoms with van der Waals surface area (Å²) in [7, 11) is -2.70. The minimum absolute atomic E-state index is 0.0199. The number of rotatable bonds is 16. The molecule has 0 bridgehead atoms. The number of hydrogen-bond donors (Lipinski definition) is 1. The predicted molar refractivity (Wildman–Crippen MR) is 245 cm³/mol. The number of nitrogens with one attached hydrogen (secondary N) is 1. The van der Waals surface area contributed by atoms with Crippen molar-refractivity contribution in [3.63, 3.8) is 0 Å². The molecule has 1 fully saturated rings. The zero-order chi connectivity index (χ0) is 46.5. The van der Waals surface area contributed by atoms with E-state index in [1.54, 1.807) is 65.3 Å². The third-order valence-electron chi connectivity index (χ3n) is 11.5. The lowest BCUT2D eigenvalue weighted by Crippen LogP contribution is -2.50. The summed E-state index contributed by atoms with van der Waals surface area (Å²) >= 11 is 0. The Kier molecular flexibility index (Phi) is 14.7. The van der Waals surface area contributed by atoms with E-state index in [0.717, 1.165) is 16.7 Å².